The van der Waals surface area contributed by atoms with Crippen LogP contribution in [0.25, 0.3) is 0 Å². The third kappa shape index (κ3) is 2.81. The normalized spacial score (nSPS) is 11.1. The highest BCUT2D eigenvalue weighted by molar-refractivity contribution is 5.86. The zero-order valence-electron chi connectivity index (χ0n) is 10.3. The molecule has 2 aromatic heterocycles. The summed E-state index contributed by atoms with van der Waals surface area (Å²) in [6.45, 7) is 2.91. The number of aryl methyl sites for hydroxylation is 1. The number of carboxylic acids is 1. The van der Waals surface area contributed by atoms with Crippen molar-refractivity contribution in [3.05, 3.63) is 47.3 Å². The monoisotopic (exact) mass is 249 g/mol. The summed E-state index contributed by atoms with van der Waals surface area (Å²) in [5.74, 6) is 0.474. The van der Waals surface area contributed by atoms with E-state index in [4.69, 9.17) is 13.9 Å². The molecule has 0 aliphatic rings. The average Bonchev–Trinajstić information content (AvgIpc) is 2.88. The van der Waals surface area contributed by atoms with Gasteiger partial charge in [-0.2, -0.15) is 0 Å². The van der Waals surface area contributed by atoms with E-state index in [1.807, 2.05) is 24.1 Å². The second kappa shape index (κ2) is 5.10. The van der Waals surface area contributed by atoms with Crippen LogP contribution in [0, 0.1) is 6.92 Å². The fraction of sp³-hybridized carbons (Fsp3) is 0.308. The van der Waals surface area contributed by atoms with E-state index in [-0.39, 0.29) is 5.76 Å². The average molecular weight is 249 g/mol. The van der Waals surface area contributed by atoms with E-state index in [0.29, 0.717) is 24.4 Å². The maximum Gasteiger partial charge on any atom is 0.372 e. The number of nitrogens with zero attached hydrogens (tertiary/aromatic N) is 1. The summed E-state index contributed by atoms with van der Waals surface area (Å²) in [6, 6.07) is 5.48. The summed E-state index contributed by atoms with van der Waals surface area (Å²) in [4.78, 5) is 12.8. The number of rotatable bonds is 5. The van der Waals surface area contributed by atoms with Crippen molar-refractivity contribution in [1.82, 2.24) is 4.90 Å². The maximum absolute atomic E-state index is 10.9. The molecule has 2 aromatic rings. The first-order valence-electron chi connectivity index (χ1n) is 5.60. The van der Waals surface area contributed by atoms with Gasteiger partial charge in [-0.3, -0.25) is 4.90 Å². The van der Waals surface area contributed by atoms with Gasteiger partial charge in [0.25, 0.3) is 0 Å². The van der Waals surface area contributed by atoms with Gasteiger partial charge >= 0.3 is 5.97 Å². The molecule has 5 heteroatoms. The zero-order chi connectivity index (χ0) is 13.1. The van der Waals surface area contributed by atoms with Crippen LogP contribution < -0.4 is 0 Å². The Hall–Kier alpha value is -2.01. The first kappa shape index (κ1) is 12.4. The molecule has 0 spiro atoms. The predicted molar refractivity (Wildman–Crippen MR) is 64.3 cm³/mol. The van der Waals surface area contributed by atoms with Crippen LogP contribution in [0.15, 0.2) is 33.3 Å². The van der Waals surface area contributed by atoms with E-state index in [9.17, 15) is 4.79 Å². The first-order valence-corrected chi connectivity index (χ1v) is 5.60. The minimum atomic E-state index is -1.03. The van der Waals surface area contributed by atoms with Gasteiger partial charge in [-0.1, -0.05) is 0 Å². The molecular formula is C13H15NO4. The van der Waals surface area contributed by atoms with Crippen LogP contribution in [0.1, 0.15) is 27.6 Å². The molecule has 0 amide bonds. The Labute approximate surface area is 105 Å². The maximum atomic E-state index is 10.9. The molecule has 5 nitrogen and oxygen atoms in total. The molecule has 0 atom stereocenters. The lowest BCUT2D eigenvalue weighted by atomic mass is 10.2. The largest absolute Gasteiger partial charge is 0.475 e. The van der Waals surface area contributed by atoms with Crippen LogP contribution in [0.2, 0.25) is 0 Å². The molecule has 0 aliphatic carbocycles. The van der Waals surface area contributed by atoms with Gasteiger partial charge in [0.2, 0.25) is 5.76 Å². The van der Waals surface area contributed by atoms with E-state index in [1.165, 1.54) is 0 Å². The molecule has 96 valence electrons. The predicted octanol–water partition coefficient (Wildman–Crippen LogP) is 2.51. The second-order valence-electron chi connectivity index (χ2n) is 4.28. The Kier molecular flexibility index (Phi) is 3.53. The number of furan rings is 2. The van der Waals surface area contributed by atoms with Crippen molar-refractivity contribution in [2.75, 3.05) is 7.05 Å². The van der Waals surface area contributed by atoms with Crippen LogP contribution in [0.5, 0.6) is 0 Å². The minimum absolute atomic E-state index is 0.0106. The lowest BCUT2D eigenvalue weighted by Gasteiger charge is -2.12. The molecule has 0 unspecified atom stereocenters. The summed E-state index contributed by atoms with van der Waals surface area (Å²) in [6.07, 6.45) is 1.63. The Morgan fingerprint density at radius 3 is 2.67 bits per heavy atom. The van der Waals surface area contributed by atoms with E-state index >= 15 is 0 Å². The Bertz CT molecular complexity index is 527. The lowest BCUT2D eigenvalue weighted by Crippen LogP contribution is -2.16. The van der Waals surface area contributed by atoms with Crippen LogP contribution in [0.3, 0.4) is 0 Å². The van der Waals surface area contributed by atoms with Crippen LogP contribution in [0.4, 0.5) is 0 Å². The summed E-state index contributed by atoms with van der Waals surface area (Å²) >= 11 is 0. The van der Waals surface area contributed by atoms with E-state index in [2.05, 4.69) is 0 Å². The summed E-state index contributed by atoms with van der Waals surface area (Å²) in [7, 11) is 1.92. The van der Waals surface area contributed by atoms with Crippen molar-refractivity contribution in [2.24, 2.45) is 0 Å². The van der Waals surface area contributed by atoms with Gasteiger partial charge in [0.1, 0.15) is 11.5 Å². The quantitative estimate of drug-likeness (QED) is 0.881. The molecule has 0 fully saturated rings. The highest BCUT2D eigenvalue weighted by Gasteiger charge is 2.15. The van der Waals surface area contributed by atoms with E-state index in [1.54, 1.807) is 19.3 Å². The van der Waals surface area contributed by atoms with Gasteiger partial charge in [0.05, 0.1) is 19.4 Å². The molecule has 0 aliphatic heterocycles. The van der Waals surface area contributed by atoms with Crippen molar-refractivity contribution < 1.29 is 18.7 Å². The van der Waals surface area contributed by atoms with E-state index in [0.717, 1.165) is 5.76 Å². The number of aromatic carboxylic acids is 1. The van der Waals surface area contributed by atoms with Crippen molar-refractivity contribution in [3.63, 3.8) is 0 Å². The summed E-state index contributed by atoms with van der Waals surface area (Å²) in [5.41, 5.74) is 0.642. The van der Waals surface area contributed by atoms with Gasteiger partial charge in [0.15, 0.2) is 0 Å². The molecule has 0 saturated heterocycles. The van der Waals surface area contributed by atoms with Crippen LogP contribution in [-0.4, -0.2) is 23.0 Å². The Balaban J connectivity index is 2.01. The first-order chi connectivity index (χ1) is 8.56. The topological polar surface area (TPSA) is 66.8 Å². The Morgan fingerprint density at radius 1 is 1.39 bits per heavy atom. The fourth-order valence-corrected chi connectivity index (χ4v) is 1.83. The minimum Gasteiger partial charge on any atom is -0.475 e. The molecule has 18 heavy (non-hydrogen) atoms. The van der Waals surface area contributed by atoms with Gasteiger partial charge < -0.3 is 13.9 Å². The van der Waals surface area contributed by atoms with Gasteiger partial charge in [-0.25, -0.2) is 4.79 Å². The zero-order valence-corrected chi connectivity index (χ0v) is 10.3. The number of carbonyl (C=O) groups is 1. The van der Waals surface area contributed by atoms with Gasteiger partial charge in [-0.05, 0) is 32.2 Å². The third-order valence-corrected chi connectivity index (χ3v) is 2.59. The molecule has 2 heterocycles. The van der Waals surface area contributed by atoms with E-state index < -0.39 is 5.97 Å². The van der Waals surface area contributed by atoms with Crippen molar-refractivity contribution >= 4 is 5.97 Å². The molecule has 0 saturated carbocycles. The molecule has 0 aromatic carbocycles. The molecule has 1 N–H and O–H groups in total. The molecule has 2 rings (SSSR count). The van der Waals surface area contributed by atoms with Crippen LogP contribution in [-0.2, 0) is 13.1 Å². The molecular weight excluding hydrogens is 234 g/mol. The van der Waals surface area contributed by atoms with Crippen molar-refractivity contribution in [1.29, 1.82) is 0 Å². The van der Waals surface area contributed by atoms with Crippen molar-refractivity contribution in [3.8, 4) is 0 Å². The smallest absolute Gasteiger partial charge is 0.372 e. The van der Waals surface area contributed by atoms with Crippen molar-refractivity contribution in [2.45, 2.75) is 20.0 Å². The molecule has 0 radical (unpaired) electrons. The standard InChI is InChI=1S/C13H15NO4/c1-9-6-11(18-12(9)13(15)16)8-14(2)7-10-4-3-5-17-10/h3-6H,7-8H2,1-2H3,(H,15,16). The summed E-state index contributed by atoms with van der Waals surface area (Å²) in [5, 5.41) is 8.90. The Morgan fingerprint density at radius 2 is 2.11 bits per heavy atom. The fourth-order valence-electron chi connectivity index (χ4n) is 1.83. The number of carboxylic acid groups (broad SMARTS) is 1. The second-order valence-corrected chi connectivity index (χ2v) is 4.28. The number of hydrogen-bond acceptors (Lipinski definition) is 4. The molecule has 0 bridgehead atoms. The summed E-state index contributed by atoms with van der Waals surface area (Å²) < 4.78 is 10.5. The lowest BCUT2D eigenvalue weighted by molar-refractivity contribution is 0.0657. The SMILES string of the molecule is Cc1cc(CN(C)Cc2ccco2)oc1C(=O)O. The highest BCUT2D eigenvalue weighted by atomic mass is 16.4. The third-order valence-electron chi connectivity index (χ3n) is 2.59. The highest BCUT2D eigenvalue weighted by Crippen LogP contribution is 2.16. The van der Waals surface area contributed by atoms with Gasteiger partial charge in [0, 0.05) is 5.56 Å². The van der Waals surface area contributed by atoms with Crippen LogP contribution >= 0.6 is 0 Å². The van der Waals surface area contributed by atoms with Gasteiger partial charge in [-0.15, -0.1) is 0 Å². The number of hydrogen-bond donors (Lipinski definition) is 1.